The van der Waals surface area contributed by atoms with Gasteiger partial charge in [-0.2, -0.15) is 0 Å². The summed E-state index contributed by atoms with van der Waals surface area (Å²) in [5.74, 6) is -0.704. The molecule has 0 radical (unpaired) electrons. The van der Waals surface area contributed by atoms with Crippen LogP contribution in [0.4, 0.5) is 0 Å². The third-order valence-corrected chi connectivity index (χ3v) is 6.97. The van der Waals surface area contributed by atoms with Gasteiger partial charge in [0.1, 0.15) is 0 Å². The number of hydrogen-bond acceptors (Lipinski definition) is 5. The number of amides is 1. The summed E-state index contributed by atoms with van der Waals surface area (Å²) in [6.07, 6.45) is 3.16. The average molecular weight is 487 g/mol. The number of ether oxygens (including phenoxy) is 2. The SMILES string of the molecule is Cc1cc2ncc1[C@@H](CC(=O)O)c1ccc3c(c1)CN(CC3)C(=O)c1ccc(cc1)COCCCO2. The van der Waals surface area contributed by atoms with Gasteiger partial charge in [0.2, 0.25) is 5.88 Å². The Kier molecular flexibility index (Phi) is 7.00. The number of carboxylic acids is 1. The zero-order chi connectivity index (χ0) is 25.1. The lowest BCUT2D eigenvalue weighted by Crippen LogP contribution is -2.36. The van der Waals surface area contributed by atoms with Crippen LogP contribution in [0.3, 0.4) is 0 Å². The number of carbonyl (C=O) groups is 2. The van der Waals surface area contributed by atoms with Crippen LogP contribution in [0.2, 0.25) is 0 Å². The lowest BCUT2D eigenvalue weighted by Gasteiger charge is -2.30. The Hall–Kier alpha value is -3.71. The molecule has 7 nitrogen and oxygen atoms in total. The van der Waals surface area contributed by atoms with Crippen LogP contribution < -0.4 is 4.74 Å². The van der Waals surface area contributed by atoms with E-state index in [-0.39, 0.29) is 18.2 Å². The number of aliphatic carboxylic acids is 1. The van der Waals surface area contributed by atoms with Crippen molar-refractivity contribution in [3.8, 4) is 5.88 Å². The molecule has 7 bridgehead atoms. The predicted molar refractivity (Wildman–Crippen MR) is 134 cm³/mol. The van der Waals surface area contributed by atoms with Gasteiger partial charge in [-0.1, -0.05) is 30.3 Å². The van der Waals surface area contributed by atoms with Crippen molar-refractivity contribution in [1.82, 2.24) is 9.88 Å². The van der Waals surface area contributed by atoms with Gasteiger partial charge in [-0.15, -0.1) is 0 Å². The highest BCUT2D eigenvalue weighted by Gasteiger charge is 2.25. The lowest BCUT2D eigenvalue weighted by atomic mass is 9.84. The number of aromatic nitrogens is 1. The van der Waals surface area contributed by atoms with Gasteiger partial charge in [0.25, 0.3) is 5.91 Å². The van der Waals surface area contributed by atoms with Gasteiger partial charge in [-0.25, -0.2) is 4.98 Å². The molecule has 5 aliphatic heterocycles. The highest BCUT2D eigenvalue weighted by atomic mass is 16.5. The van der Waals surface area contributed by atoms with Gasteiger partial charge in [-0.3, -0.25) is 9.59 Å². The number of carboxylic acid groups (broad SMARTS) is 1. The van der Waals surface area contributed by atoms with Gasteiger partial charge in [0.15, 0.2) is 0 Å². The molecule has 8 rings (SSSR count). The monoisotopic (exact) mass is 486 g/mol. The molecule has 1 atom stereocenters. The number of nitrogens with zero attached hydrogens (tertiary/aromatic N) is 2. The molecule has 5 aliphatic rings. The van der Waals surface area contributed by atoms with Crippen LogP contribution >= 0.6 is 0 Å². The molecule has 0 aliphatic carbocycles. The Morgan fingerprint density at radius 2 is 1.94 bits per heavy atom. The quantitative estimate of drug-likeness (QED) is 0.574. The van der Waals surface area contributed by atoms with Crippen LogP contribution in [0.25, 0.3) is 0 Å². The summed E-state index contributed by atoms with van der Waals surface area (Å²) in [5, 5.41) is 9.69. The molecule has 2 aromatic carbocycles. The lowest BCUT2D eigenvalue weighted by molar-refractivity contribution is -0.137. The van der Waals surface area contributed by atoms with E-state index in [1.165, 1.54) is 5.56 Å². The molecule has 1 aromatic heterocycles. The minimum Gasteiger partial charge on any atom is -0.481 e. The van der Waals surface area contributed by atoms with Crippen LogP contribution in [0.1, 0.15) is 62.5 Å². The Morgan fingerprint density at radius 1 is 1.11 bits per heavy atom. The molecular weight excluding hydrogens is 456 g/mol. The van der Waals surface area contributed by atoms with E-state index in [4.69, 9.17) is 9.47 Å². The van der Waals surface area contributed by atoms with Gasteiger partial charge >= 0.3 is 5.97 Å². The second-order valence-corrected chi connectivity index (χ2v) is 9.49. The third-order valence-electron chi connectivity index (χ3n) is 6.97. The molecule has 0 fully saturated rings. The first-order chi connectivity index (χ1) is 17.5. The second-order valence-electron chi connectivity index (χ2n) is 9.49. The maximum Gasteiger partial charge on any atom is 0.304 e. The van der Waals surface area contributed by atoms with Crippen molar-refractivity contribution in [2.75, 3.05) is 19.8 Å². The average Bonchev–Trinajstić information content (AvgIpc) is 2.88. The minimum absolute atomic E-state index is 0.000666. The van der Waals surface area contributed by atoms with Crippen LogP contribution in [0.5, 0.6) is 5.88 Å². The van der Waals surface area contributed by atoms with Gasteiger partial charge in [0.05, 0.1) is 26.2 Å². The predicted octanol–water partition coefficient (Wildman–Crippen LogP) is 4.49. The van der Waals surface area contributed by atoms with E-state index in [2.05, 4.69) is 17.1 Å². The van der Waals surface area contributed by atoms with Crippen molar-refractivity contribution in [1.29, 1.82) is 0 Å². The van der Waals surface area contributed by atoms with Gasteiger partial charge in [-0.05, 0) is 58.9 Å². The van der Waals surface area contributed by atoms with Crippen molar-refractivity contribution >= 4 is 11.9 Å². The van der Waals surface area contributed by atoms with Crippen LogP contribution in [0, 0.1) is 6.92 Å². The van der Waals surface area contributed by atoms with Crippen LogP contribution in [0.15, 0.2) is 54.7 Å². The summed E-state index contributed by atoms with van der Waals surface area (Å²) in [4.78, 5) is 31.4. The zero-order valence-corrected chi connectivity index (χ0v) is 20.4. The van der Waals surface area contributed by atoms with Crippen LogP contribution in [-0.4, -0.2) is 46.6 Å². The topological polar surface area (TPSA) is 89.0 Å². The first kappa shape index (κ1) is 24.0. The van der Waals surface area contributed by atoms with E-state index in [0.717, 1.165) is 34.2 Å². The van der Waals surface area contributed by atoms with E-state index in [1.807, 2.05) is 48.2 Å². The highest BCUT2D eigenvalue weighted by molar-refractivity contribution is 5.94. The third kappa shape index (κ3) is 5.26. The summed E-state index contributed by atoms with van der Waals surface area (Å²) < 4.78 is 11.6. The summed E-state index contributed by atoms with van der Waals surface area (Å²) >= 11 is 0. The summed E-state index contributed by atoms with van der Waals surface area (Å²) in [7, 11) is 0. The molecule has 0 unspecified atom stereocenters. The van der Waals surface area contributed by atoms with Gasteiger partial charge in [0, 0.05) is 43.3 Å². The van der Waals surface area contributed by atoms with Crippen molar-refractivity contribution in [2.45, 2.75) is 45.3 Å². The number of carbonyl (C=O) groups excluding carboxylic acids is 1. The van der Waals surface area contributed by atoms with Crippen molar-refractivity contribution in [3.63, 3.8) is 0 Å². The fourth-order valence-electron chi connectivity index (χ4n) is 4.99. The van der Waals surface area contributed by atoms with Crippen molar-refractivity contribution in [2.24, 2.45) is 0 Å². The molecule has 7 heteroatoms. The van der Waals surface area contributed by atoms with Gasteiger partial charge < -0.3 is 19.5 Å². The molecule has 36 heavy (non-hydrogen) atoms. The molecular formula is C29H30N2O5. The van der Waals surface area contributed by atoms with E-state index < -0.39 is 5.97 Å². The summed E-state index contributed by atoms with van der Waals surface area (Å²) in [6.45, 7) is 4.60. The Labute approximate surface area is 210 Å². The fourth-order valence-corrected chi connectivity index (χ4v) is 4.99. The Balaban J connectivity index is 1.52. The number of pyridine rings is 1. The standard InChI is InChI=1S/C29H30N2O5/c1-19-13-27-30-16-26(19)25(15-28(32)33)23-8-7-21-9-10-31(17-24(21)14-23)29(34)22-5-3-20(4-6-22)18-35-11-2-12-36-27/h3-8,13-14,16,25H,2,9-12,15,17-18H2,1H3,(H,32,33)/t25-/m0/s1. The Morgan fingerprint density at radius 3 is 2.72 bits per heavy atom. The van der Waals surface area contributed by atoms with Crippen LogP contribution in [-0.2, 0) is 29.1 Å². The number of benzene rings is 2. The first-order valence-corrected chi connectivity index (χ1v) is 12.4. The van der Waals surface area contributed by atoms with E-state index in [0.29, 0.717) is 50.8 Å². The van der Waals surface area contributed by atoms with Crippen molar-refractivity contribution < 1.29 is 24.2 Å². The Bertz CT molecular complexity index is 1270. The molecule has 3 aromatic rings. The zero-order valence-electron chi connectivity index (χ0n) is 20.4. The fraction of sp³-hybridized carbons (Fsp3) is 0.345. The van der Waals surface area contributed by atoms with E-state index in [1.54, 1.807) is 6.20 Å². The maximum atomic E-state index is 13.3. The summed E-state index contributed by atoms with van der Waals surface area (Å²) in [5.41, 5.74) is 6.64. The second kappa shape index (κ2) is 10.5. The maximum absolute atomic E-state index is 13.3. The highest BCUT2D eigenvalue weighted by Crippen LogP contribution is 2.34. The normalized spacial score (nSPS) is 18.1. The molecule has 0 saturated heterocycles. The van der Waals surface area contributed by atoms with E-state index >= 15 is 0 Å². The first-order valence-electron chi connectivity index (χ1n) is 12.4. The van der Waals surface area contributed by atoms with E-state index in [9.17, 15) is 14.7 Å². The molecule has 186 valence electrons. The smallest absolute Gasteiger partial charge is 0.304 e. The number of rotatable bonds is 2. The molecule has 0 spiro atoms. The van der Waals surface area contributed by atoms with Crippen molar-refractivity contribution in [3.05, 3.63) is 93.7 Å². The minimum atomic E-state index is -0.872. The molecule has 1 N–H and O–H groups in total. The molecule has 0 saturated carbocycles. The number of aryl methyl sites for hydroxylation is 1. The largest absolute Gasteiger partial charge is 0.481 e. The molecule has 6 heterocycles. The summed E-state index contributed by atoms with van der Waals surface area (Å²) in [6, 6.07) is 15.6. The number of hydrogen-bond donors (Lipinski definition) is 1. The molecule has 1 amide bonds.